The molecule has 0 heterocycles. The molecular weight excluding hydrogens is 238 g/mol. The maximum atomic E-state index is 11.1. The van der Waals surface area contributed by atoms with Gasteiger partial charge in [0.2, 0.25) is 0 Å². The maximum absolute atomic E-state index is 11.1. The Morgan fingerprint density at radius 3 is 1.79 bits per heavy atom. The van der Waals surface area contributed by atoms with Crippen LogP contribution in [0.4, 0.5) is 0 Å². The van der Waals surface area contributed by atoms with Crippen molar-refractivity contribution in [3.63, 3.8) is 0 Å². The molecule has 0 spiro atoms. The first-order valence-corrected chi connectivity index (χ1v) is 7.87. The number of carboxylic acids is 1. The van der Waals surface area contributed by atoms with Crippen molar-refractivity contribution in [2.75, 3.05) is 13.6 Å². The molecule has 0 radical (unpaired) electrons. The van der Waals surface area contributed by atoms with Crippen molar-refractivity contribution in [1.29, 1.82) is 0 Å². The van der Waals surface area contributed by atoms with Gasteiger partial charge >= 0.3 is 5.97 Å². The lowest BCUT2D eigenvalue weighted by atomic mass is 10.0. The first-order chi connectivity index (χ1) is 8.92. The fourth-order valence-corrected chi connectivity index (χ4v) is 2.10. The van der Waals surface area contributed by atoms with Crippen LogP contribution in [0.15, 0.2) is 0 Å². The van der Waals surface area contributed by atoms with E-state index in [2.05, 4.69) is 6.92 Å². The Morgan fingerprint density at radius 1 is 0.947 bits per heavy atom. The number of aliphatic carboxylic acids is 1. The van der Waals surface area contributed by atoms with Crippen molar-refractivity contribution in [3.8, 4) is 0 Å². The lowest BCUT2D eigenvalue weighted by molar-refractivity contribution is -0.148. The van der Waals surface area contributed by atoms with Crippen molar-refractivity contribution in [2.45, 2.75) is 84.1 Å². The van der Waals surface area contributed by atoms with Gasteiger partial charge in [0.05, 0.1) is 0 Å². The molecule has 0 aliphatic rings. The molecule has 0 atom stereocenters. The standard InChI is InChI=1S/C16H33NO2/c1-5-6-7-8-9-10-11-12-13-14-17(4)16(2,3)15(18)19/h5-14H2,1-4H3,(H,18,19). The minimum Gasteiger partial charge on any atom is -0.480 e. The molecule has 0 aromatic carbocycles. The second kappa shape index (κ2) is 10.2. The fraction of sp³-hybridized carbons (Fsp3) is 0.938. The minimum atomic E-state index is -0.750. The Kier molecular flexibility index (Phi) is 9.94. The summed E-state index contributed by atoms with van der Waals surface area (Å²) in [4.78, 5) is 13.0. The number of likely N-dealkylation sites (N-methyl/N-ethyl adjacent to an activating group) is 1. The minimum absolute atomic E-state index is 0.745. The van der Waals surface area contributed by atoms with Crippen molar-refractivity contribution >= 4 is 5.97 Å². The van der Waals surface area contributed by atoms with Crippen molar-refractivity contribution < 1.29 is 9.90 Å². The van der Waals surface area contributed by atoms with E-state index in [1.54, 1.807) is 13.8 Å². The number of rotatable bonds is 12. The molecule has 0 aliphatic carbocycles. The largest absolute Gasteiger partial charge is 0.480 e. The number of carboxylic acid groups (broad SMARTS) is 1. The predicted octanol–water partition coefficient (Wildman–Crippen LogP) is 4.31. The Balaban J connectivity index is 3.47. The molecule has 0 amide bonds. The van der Waals surface area contributed by atoms with Crippen LogP contribution in [0.2, 0.25) is 0 Å². The van der Waals surface area contributed by atoms with Crippen LogP contribution in [0.5, 0.6) is 0 Å². The van der Waals surface area contributed by atoms with Gasteiger partial charge in [-0.3, -0.25) is 9.69 Å². The number of nitrogens with zero attached hydrogens (tertiary/aromatic N) is 1. The Bertz CT molecular complexity index is 239. The number of carbonyl (C=O) groups is 1. The SMILES string of the molecule is CCCCCCCCCCCN(C)C(C)(C)C(=O)O. The van der Waals surface area contributed by atoms with Crippen molar-refractivity contribution in [3.05, 3.63) is 0 Å². The molecule has 0 aromatic heterocycles. The summed E-state index contributed by atoms with van der Waals surface area (Å²) >= 11 is 0. The summed E-state index contributed by atoms with van der Waals surface area (Å²) < 4.78 is 0. The smallest absolute Gasteiger partial charge is 0.323 e. The second-order valence-corrected chi connectivity index (χ2v) is 6.11. The first-order valence-electron chi connectivity index (χ1n) is 7.87. The number of hydrogen-bond donors (Lipinski definition) is 1. The fourth-order valence-electron chi connectivity index (χ4n) is 2.10. The third kappa shape index (κ3) is 8.25. The molecule has 0 aliphatic heterocycles. The zero-order chi connectivity index (χ0) is 14.7. The van der Waals surface area contributed by atoms with Crippen LogP contribution in [0, 0.1) is 0 Å². The molecule has 3 nitrogen and oxygen atoms in total. The van der Waals surface area contributed by atoms with Gasteiger partial charge in [0, 0.05) is 0 Å². The van der Waals surface area contributed by atoms with Gasteiger partial charge in [-0.25, -0.2) is 0 Å². The molecule has 19 heavy (non-hydrogen) atoms. The number of hydrogen-bond acceptors (Lipinski definition) is 2. The average Bonchev–Trinajstić information content (AvgIpc) is 2.36. The zero-order valence-corrected chi connectivity index (χ0v) is 13.4. The van der Waals surface area contributed by atoms with Crippen LogP contribution in [0.1, 0.15) is 78.6 Å². The van der Waals surface area contributed by atoms with Crippen LogP contribution in [0.3, 0.4) is 0 Å². The highest BCUT2D eigenvalue weighted by Crippen LogP contribution is 2.14. The summed E-state index contributed by atoms with van der Waals surface area (Å²) in [6.45, 7) is 6.65. The summed E-state index contributed by atoms with van der Waals surface area (Å²) in [6.07, 6.45) is 11.7. The van der Waals surface area contributed by atoms with E-state index >= 15 is 0 Å². The van der Waals surface area contributed by atoms with Gasteiger partial charge in [0.1, 0.15) is 5.54 Å². The first kappa shape index (κ1) is 18.4. The molecule has 0 aromatic rings. The van der Waals surface area contributed by atoms with E-state index in [9.17, 15) is 4.79 Å². The monoisotopic (exact) mass is 271 g/mol. The molecule has 0 rings (SSSR count). The van der Waals surface area contributed by atoms with Crippen molar-refractivity contribution in [2.24, 2.45) is 0 Å². The molecule has 3 heteroatoms. The van der Waals surface area contributed by atoms with E-state index in [0.29, 0.717) is 0 Å². The molecule has 0 bridgehead atoms. The second-order valence-electron chi connectivity index (χ2n) is 6.11. The topological polar surface area (TPSA) is 40.5 Å². The number of unbranched alkanes of at least 4 members (excludes halogenated alkanes) is 8. The van der Waals surface area contributed by atoms with E-state index in [0.717, 1.165) is 13.0 Å². The summed E-state index contributed by atoms with van der Waals surface area (Å²) in [6, 6.07) is 0. The summed E-state index contributed by atoms with van der Waals surface area (Å²) in [5, 5.41) is 9.11. The van der Waals surface area contributed by atoms with Crippen LogP contribution in [-0.2, 0) is 4.79 Å². The van der Waals surface area contributed by atoms with Gasteiger partial charge in [0.25, 0.3) is 0 Å². The van der Waals surface area contributed by atoms with Gasteiger partial charge in [-0.2, -0.15) is 0 Å². The molecule has 1 N–H and O–H groups in total. The summed E-state index contributed by atoms with van der Waals surface area (Å²) in [5.74, 6) is -0.745. The van der Waals surface area contributed by atoms with Gasteiger partial charge in [0.15, 0.2) is 0 Å². The highest BCUT2D eigenvalue weighted by atomic mass is 16.4. The lowest BCUT2D eigenvalue weighted by Crippen LogP contribution is -2.48. The van der Waals surface area contributed by atoms with E-state index in [-0.39, 0.29) is 0 Å². The third-order valence-corrected chi connectivity index (χ3v) is 4.07. The van der Waals surface area contributed by atoms with Crippen molar-refractivity contribution in [1.82, 2.24) is 4.90 Å². The highest BCUT2D eigenvalue weighted by Gasteiger charge is 2.31. The van der Waals surface area contributed by atoms with Crippen LogP contribution < -0.4 is 0 Å². The predicted molar refractivity (Wildman–Crippen MR) is 81.6 cm³/mol. The Labute approximate surface area is 119 Å². The van der Waals surface area contributed by atoms with Crippen LogP contribution in [0.25, 0.3) is 0 Å². The summed E-state index contributed by atoms with van der Waals surface area (Å²) in [5.41, 5.74) is -0.750. The van der Waals surface area contributed by atoms with Gasteiger partial charge < -0.3 is 5.11 Å². The highest BCUT2D eigenvalue weighted by molar-refractivity contribution is 5.77. The molecule has 0 saturated heterocycles. The molecule has 0 saturated carbocycles. The maximum Gasteiger partial charge on any atom is 0.323 e. The van der Waals surface area contributed by atoms with Crippen LogP contribution >= 0.6 is 0 Å². The molecule has 114 valence electrons. The van der Waals surface area contributed by atoms with E-state index in [4.69, 9.17) is 5.11 Å². The van der Waals surface area contributed by atoms with E-state index < -0.39 is 11.5 Å². The van der Waals surface area contributed by atoms with Gasteiger partial charge in [-0.15, -0.1) is 0 Å². The normalized spacial score (nSPS) is 12.1. The van der Waals surface area contributed by atoms with E-state index in [1.807, 2.05) is 11.9 Å². The lowest BCUT2D eigenvalue weighted by Gasteiger charge is -2.31. The molecule has 0 fully saturated rings. The van der Waals surface area contributed by atoms with Gasteiger partial charge in [-0.05, 0) is 33.9 Å². The zero-order valence-electron chi connectivity index (χ0n) is 13.4. The van der Waals surface area contributed by atoms with E-state index in [1.165, 1.54) is 51.4 Å². The van der Waals surface area contributed by atoms with Crippen LogP contribution in [-0.4, -0.2) is 35.1 Å². The quantitative estimate of drug-likeness (QED) is 0.538. The summed E-state index contributed by atoms with van der Waals surface area (Å²) in [7, 11) is 1.90. The Morgan fingerprint density at radius 2 is 1.37 bits per heavy atom. The average molecular weight is 271 g/mol. The molecule has 0 unspecified atom stereocenters. The Hall–Kier alpha value is -0.570. The van der Waals surface area contributed by atoms with Gasteiger partial charge in [-0.1, -0.05) is 58.3 Å². The third-order valence-electron chi connectivity index (χ3n) is 4.07. The molecular formula is C16H33NO2.